The summed E-state index contributed by atoms with van der Waals surface area (Å²) in [5, 5.41) is 14.3. The second-order valence-electron chi connectivity index (χ2n) is 12.7. The van der Waals surface area contributed by atoms with Crippen molar-refractivity contribution < 1.29 is 0 Å². The molecule has 2 aromatic carbocycles. The summed E-state index contributed by atoms with van der Waals surface area (Å²) >= 11 is 0. The summed E-state index contributed by atoms with van der Waals surface area (Å²) in [7, 11) is 0. The third kappa shape index (κ3) is 4.72. The maximum Gasteiger partial charge on any atom is 0.101 e. The molecule has 3 aromatic rings. The highest BCUT2D eigenvalue weighted by Crippen LogP contribution is 2.41. The largest absolute Gasteiger partial charge is 0.368 e. The van der Waals surface area contributed by atoms with E-state index in [2.05, 4.69) is 63.4 Å². The molecule has 1 N–H and O–H groups in total. The molecular weight excluding hydrogens is 478 g/mol. The first kappa shape index (κ1) is 25.1. The third-order valence-corrected chi connectivity index (χ3v) is 10.4. The van der Waals surface area contributed by atoms with Gasteiger partial charge in [-0.1, -0.05) is 18.2 Å². The zero-order valence-corrected chi connectivity index (χ0v) is 23.3. The second-order valence-corrected chi connectivity index (χ2v) is 12.7. The van der Waals surface area contributed by atoms with Crippen molar-refractivity contribution in [2.45, 2.75) is 69.9 Å². The number of nitrogens with one attached hydrogen (secondary N) is 1. The first-order chi connectivity index (χ1) is 19.2. The molecule has 5 atom stereocenters. The van der Waals surface area contributed by atoms with E-state index in [1.807, 2.05) is 12.1 Å². The lowest BCUT2D eigenvalue weighted by Gasteiger charge is -2.43. The van der Waals surface area contributed by atoms with Crippen LogP contribution in [0.3, 0.4) is 0 Å². The first-order valence-corrected chi connectivity index (χ1v) is 15.3. The van der Waals surface area contributed by atoms with Crippen molar-refractivity contribution in [2.75, 3.05) is 37.6 Å². The van der Waals surface area contributed by atoms with Crippen LogP contribution in [0.5, 0.6) is 0 Å². The maximum absolute atomic E-state index is 9.59. The molecule has 5 nitrogen and oxygen atoms in total. The van der Waals surface area contributed by atoms with Crippen LogP contribution in [0, 0.1) is 23.2 Å². The van der Waals surface area contributed by atoms with Crippen LogP contribution >= 0.6 is 0 Å². The maximum atomic E-state index is 9.59. The first-order valence-electron chi connectivity index (χ1n) is 15.3. The van der Waals surface area contributed by atoms with Gasteiger partial charge in [-0.05, 0) is 124 Å². The zero-order valence-electron chi connectivity index (χ0n) is 23.3. The van der Waals surface area contributed by atoms with Crippen molar-refractivity contribution in [3.05, 3.63) is 70.9 Å². The number of pyridine rings is 1. The van der Waals surface area contributed by atoms with Crippen molar-refractivity contribution in [3.8, 4) is 6.07 Å². The zero-order chi connectivity index (χ0) is 26.3. The van der Waals surface area contributed by atoms with Crippen LogP contribution in [-0.4, -0.2) is 54.7 Å². The average Bonchev–Trinajstić information content (AvgIpc) is 3.23. The van der Waals surface area contributed by atoms with Crippen LogP contribution in [0.2, 0.25) is 0 Å². The van der Waals surface area contributed by atoms with Crippen LogP contribution in [0.15, 0.2) is 48.7 Å². The van der Waals surface area contributed by atoms with Gasteiger partial charge >= 0.3 is 0 Å². The number of rotatable bonds is 3. The van der Waals surface area contributed by atoms with Crippen molar-refractivity contribution in [1.29, 1.82) is 5.26 Å². The lowest BCUT2D eigenvalue weighted by atomic mass is 9.75. The molecular formula is C34H41N5. The minimum absolute atomic E-state index is 0.531. The summed E-state index contributed by atoms with van der Waals surface area (Å²) in [4.78, 5) is 9.94. The van der Waals surface area contributed by atoms with Gasteiger partial charge in [0.1, 0.15) is 6.07 Å². The second kappa shape index (κ2) is 10.6. The smallest absolute Gasteiger partial charge is 0.101 e. The van der Waals surface area contributed by atoms with E-state index >= 15 is 0 Å². The molecule has 1 aliphatic carbocycles. The third-order valence-electron chi connectivity index (χ3n) is 10.4. The predicted molar refractivity (Wildman–Crippen MR) is 158 cm³/mol. The van der Waals surface area contributed by atoms with E-state index in [0.29, 0.717) is 17.6 Å². The van der Waals surface area contributed by atoms with Gasteiger partial charge in [0.2, 0.25) is 0 Å². The van der Waals surface area contributed by atoms with Gasteiger partial charge in [-0.3, -0.25) is 9.88 Å². The Morgan fingerprint density at radius 3 is 2.85 bits per heavy atom. The summed E-state index contributed by atoms with van der Waals surface area (Å²) < 4.78 is 0. The molecule has 3 fully saturated rings. The summed E-state index contributed by atoms with van der Waals surface area (Å²) in [6.07, 6.45) is 10.9. The molecule has 1 aromatic heterocycles. The normalized spacial score (nSPS) is 29.4. The van der Waals surface area contributed by atoms with Gasteiger partial charge in [-0.15, -0.1) is 0 Å². The number of benzene rings is 2. The number of hydrogen-bond donors (Lipinski definition) is 1. The molecule has 4 heterocycles. The highest BCUT2D eigenvalue weighted by atomic mass is 15.3. The summed E-state index contributed by atoms with van der Waals surface area (Å²) in [5.74, 6) is 2.33. The molecule has 0 radical (unpaired) electrons. The minimum Gasteiger partial charge on any atom is -0.368 e. The highest BCUT2D eigenvalue weighted by molar-refractivity contribution is 5.95. The standard InChI is InChI=1S/C34H41N5/c1-23-20-38(33-11-10-29(19-35)34-32(33)5-3-14-37-34)22-31-18-30(21-39(23)31)28-9-8-26-16-25(6-7-27(26)17-28)24-4-2-13-36-15-12-24/h3,5-7,10-11,14,16,23-24,28,30-31,36H,2,4,8-9,12-13,15,17-18,20-22H2,1H3/t23-,24?,28?,30+,31+/m1/s1. The van der Waals surface area contributed by atoms with Crippen LogP contribution in [0.25, 0.3) is 10.9 Å². The number of anilines is 1. The number of fused-ring (bicyclic) bond motifs is 3. The number of aryl methyl sites for hydroxylation is 1. The Morgan fingerprint density at radius 2 is 1.92 bits per heavy atom. The molecule has 0 amide bonds. The van der Waals surface area contributed by atoms with Crippen molar-refractivity contribution in [3.63, 3.8) is 0 Å². The molecule has 202 valence electrons. The molecule has 3 aliphatic heterocycles. The topological polar surface area (TPSA) is 55.2 Å². The summed E-state index contributed by atoms with van der Waals surface area (Å²) in [6.45, 7) is 8.11. The lowest BCUT2D eigenvalue weighted by Crippen LogP contribution is -2.55. The van der Waals surface area contributed by atoms with Gasteiger partial charge in [0.05, 0.1) is 11.1 Å². The van der Waals surface area contributed by atoms with E-state index in [0.717, 1.165) is 48.3 Å². The quantitative estimate of drug-likeness (QED) is 0.483. The molecule has 5 heteroatoms. The van der Waals surface area contributed by atoms with E-state index in [1.54, 1.807) is 22.9 Å². The molecule has 0 saturated carbocycles. The van der Waals surface area contributed by atoms with Crippen molar-refractivity contribution >= 4 is 16.6 Å². The number of piperazine rings is 1. The fraction of sp³-hybridized carbons (Fsp3) is 0.529. The molecule has 3 saturated heterocycles. The predicted octanol–water partition coefficient (Wildman–Crippen LogP) is 5.67. The van der Waals surface area contributed by atoms with E-state index in [-0.39, 0.29) is 0 Å². The van der Waals surface area contributed by atoms with Crippen LogP contribution < -0.4 is 10.2 Å². The Morgan fingerprint density at radius 1 is 0.974 bits per heavy atom. The number of hydrogen-bond acceptors (Lipinski definition) is 5. The Hall–Kier alpha value is -2.94. The van der Waals surface area contributed by atoms with E-state index < -0.39 is 0 Å². The fourth-order valence-corrected chi connectivity index (χ4v) is 8.32. The Kier molecular flexibility index (Phi) is 6.78. The number of nitriles is 1. The monoisotopic (exact) mass is 519 g/mol. The van der Waals surface area contributed by atoms with Gasteiger partial charge in [0.25, 0.3) is 0 Å². The van der Waals surface area contributed by atoms with Crippen molar-refractivity contribution in [1.82, 2.24) is 15.2 Å². The summed E-state index contributed by atoms with van der Waals surface area (Å²) in [5.41, 5.74) is 7.58. The minimum atomic E-state index is 0.531. The van der Waals surface area contributed by atoms with Gasteiger partial charge in [-0.2, -0.15) is 5.26 Å². The van der Waals surface area contributed by atoms with Crippen molar-refractivity contribution in [2.24, 2.45) is 11.8 Å². The fourth-order valence-electron chi connectivity index (χ4n) is 8.32. The summed E-state index contributed by atoms with van der Waals surface area (Å²) in [6, 6.07) is 19.2. The highest BCUT2D eigenvalue weighted by Gasteiger charge is 2.43. The molecule has 7 rings (SSSR count). The molecule has 2 unspecified atom stereocenters. The van der Waals surface area contributed by atoms with Crippen LogP contribution in [0.1, 0.15) is 67.2 Å². The average molecular weight is 520 g/mol. The number of nitrogens with zero attached hydrogens (tertiary/aromatic N) is 4. The van der Waals surface area contributed by atoms with E-state index in [9.17, 15) is 5.26 Å². The van der Waals surface area contributed by atoms with Gasteiger partial charge in [0, 0.05) is 49.0 Å². The van der Waals surface area contributed by atoms with Crippen LogP contribution in [-0.2, 0) is 12.8 Å². The Labute approximate surface area is 233 Å². The van der Waals surface area contributed by atoms with Gasteiger partial charge < -0.3 is 10.2 Å². The van der Waals surface area contributed by atoms with Crippen LogP contribution in [0.4, 0.5) is 5.69 Å². The molecule has 0 spiro atoms. The van der Waals surface area contributed by atoms with Gasteiger partial charge in [-0.25, -0.2) is 0 Å². The SMILES string of the molecule is C[C@@H]1CN(c2ccc(C#N)c3ncccc23)C[C@@H]2C[C@H](C3CCc4cc(C5CCCNCC5)ccc4C3)CN21. The van der Waals surface area contributed by atoms with E-state index in [1.165, 1.54) is 63.7 Å². The lowest BCUT2D eigenvalue weighted by molar-refractivity contribution is 0.160. The van der Waals surface area contributed by atoms with Gasteiger partial charge in [0.15, 0.2) is 0 Å². The molecule has 39 heavy (non-hydrogen) atoms. The Balaban J connectivity index is 1.05. The number of aromatic nitrogens is 1. The molecule has 0 bridgehead atoms. The Bertz CT molecular complexity index is 1380. The van der Waals surface area contributed by atoms with E-state index in [4.69, 9.17) is 0 Å². The molecule has 4 aliphatic rings.